The Morgan fingerprint density at radius 2 is 1.00 bits per heavy atom. The third kappa shape index (κ3) is 13.8. The van der Waals surface area contributed by atoms with Crippen LogP contribution in [0.5, 0.6) is 0 Å². The second-order valence-corrected chi connectivity index (χ2v) is 8.77. The molecule has 0 saturated carbocycles. The summed E-state index contributed by atoms with van der Waals surface area (Å²) >= 11 is 0. The molecule has 0 spiro atoms. The van der Waals surface area contributed by atoms with E-state index in [0.717, 1.165) is 0 Å². The first-order valence-corrected chi connectivity index (χ1v) is 7.60. The molecule has 0 aliphatic heterocycles. The van der Waals surface area contributed by atoms with Crippen LogP contribution in [0.1, 0.15) is 0 Å². The van der Waals surface area contributed by atoms with Crippen LogP contribution in [0, 0.1) is 0 Å². The lowest BCUT2D eigenvalue weighted by atomic mass is 15.9. The van der Waals surface area contributed by atoms with Gasteiger partial charge in [0.1, 0.15) is 0 Å². The normalized spacial score (nSPS) is 12.2. The molecule has 0 saturated heterocycles. The highest BCUT2D eigenvalue weighted by atomic mass is 33.7. The third-order valence-corrected chi connectivity index (χ3v) is 6.89. The summed E-state index contributed by atoms with van der Waals surface area (Å²) in [5.74, 6) is 0. The van der Waals surface area contributed by atoms with E-state index in [1.54, 1.807) is 0 Å². The molecule has 2 N–H and O–H groups in total. The standard InChI is InChI=1S/H2O6S4.H2S/c1-9(2,3)7-8-10(4,5)6;/h(H,1,2,3)(H,4,5,6);1H2. The minimum atomic E-state index is -4.42. The summed E-state index contributed by atoms with van der Waals surface area (Å²) in [6.07, 6.45) is 0. The largest absolute Gasteiger partial charge is 0.330 e. The van der Waals surface area contributed by atoms with Crippen molar-refractivity contribution in [3.63, 3.8) is 0 Å². The molecule has 0 aliphatic rings. The molecule has 0 aliphatic carbocycles. The minimum absolute atomic E-state index is 0. The molecule has 11 heavy (non-hydrogen) atoms. The van der Waals surface area contributed by atoms with E-state index in [9.17, 15) is 16.8 Å². The molecule has 0 aromatic rings. The van der Waals surface area contributed by atoms with Gasteiger partial charge in [-0.3, -0.25) is 9.11 Å². The Morgan fingerprint density at radius 3 is 1.09 bits per heavy atom. The second kappa shape index (κ2) is 4.79. The van der Waals surface area contributed by atoms with Crippen LogP contribution in [-0.4, -0.2) is 25.9 Å². The highest BCUT2D eigenvalue weighted by Crippen LogP contribution is 2.30. The van der Waals surface area contributed by atoms with Crippen molar-refractivity contribution in [3.05, 3.63) is 0 Å². The molecule has 0 radical (unpaired) electrons. The molecule has 0 amide bonds. The molecule has 70 valence electrons. The van der Waals surface area contributed by atoms with E-state index >= 15 is 0 Å². The van der Waals surface area contributed by atoms with Gasteiger partial charge in [0.2, 0.25) is 0 Å². The van der Waals surface area contributed by atoms with Gasteiger partial charge in [-0.05, 0) is 0 Å². The zero-order valence-corrected chi connectivity index (χ0v) is 8.93. The minimum Gasteiger partial charge on any atom is -0.277 e. The monoisotopic (exact) mass is 260 g/mol. The topological polar surface area (TPSA) is 109 Å². The summed E-state index contributed by atoms with van der Waals surface area (Å²) in [5.41, 5.74) is 0. The predicted octanol–water partition coefficient (Wildman–Crippen LogP) is 0.0862. The van der Waals surface area contributed by atoms with Crippen molar-refractivity contribution >= 4 is 51.4 Å². The fourth-order valence-corrected chi connectivity index (χ4v) is 5.69. The van der Waals surface area contributed by atoms with Gasteiger partial charge >= 0.3 is 18.3 Å². The Kier molecular flexibility index (Phi) is 6.27. The van der Waals surface area contributed by atoms with E-state index in [0.29, 0.717) is 0 Å². The summed E-state index contributed by atoms with van der Waals surface area (Å²) in [6.45, 7) is 0. The van der Waals surface area contributed by atoms with Gasteiger partial charge in [-0.15, -0.1) is 0 Å². The van der Waals surface area contributed by atoms with Crippen LogP contribution in [0.4, 0.5) is 0 Å². The van der Waals surface area contributed by atoms with Crippen LogP contribution >= 0.6 is 33.1 Å². The molecule has 0 rings (SSSR count). The van der Waals surface area contributed by atoms with Crippen molar-refractivity contribution in [3.8, 4) is 0 Å². The maximum absolute atomic E-state index is 9.80. The molecule has 0 bridgehead atoms. The van der Waals surface area contributed by atoms with Gasteiger partial charge in [0.25, 0.3) is 0 Å². The fourth-order valence-electron chi connectivity index (χ4n) is 0.0702. The summed E-state index contributed by atoms with van der Waals surface area (Å²) in [7, 11) is -9.54. The van der Waals surface area contributed by atoms with Gasteiger partial charge in [-0.2, -0.15) is 30.3 Å². The predicted molar refractivity (Wildman–Crippen MR) is 48.7 cm³/mol. The third-order valence-electron chi connectivity index (χ3n) is 0.200. The SMILES string of the molecule is O=S(=O)(O)SSS(=O)(=O)O.S. The molecule has 0 fully saturated rings. The van der Waals surface area contributed by atoms with Crippen molar-refractivity contribution < 1.29 is 25.9 Å². The Morgan fingerprint density at radius 1 is 0.818 bits per heavy atom. The highest BCUT2D eigenvalue weighted by Gasteiger charge is 2.14. The Bertz CT molecular complexity index is 247. The lowest BCUT2D eigenvalue weighted by Crippen LogP contribution is -1.90. The van der Waals surface area contributed by atoms with Crippen molar-refractivity contribution in [2.45, 2.75) is 0 Å². The van der Waals surface area contributed by atoms with Crippen molar-refractivity contribution in [2.75, 3.05) is 0 Å². The summed E-state index contributed by atoms with van der Waals surface area (Å²) in [6, 6.07) is 0. The van der Waals surface area contributed by atoms with Crippen LogP contribution in [-0.2, 0) is 18.3 Å². The van der Waals surface area contributed by atoms with Gasteiger partial charge in [-0.25, -0.2) is 0 Å². The Balaban J connectivity index is 0. The summed E-state index contributed by atoms with van der Waals surface area (Å²) in [5, 5.41) is 0. The average molecular weight is 260 g/mol. The van der Waals surface area contributed by atoms with Crippen molar-refractivity contribution in [2.24, 2.45) is 0 Å². The van der Waals surface area contributed by atoms with Crippen LogP contribution in [0.25, 0.3) is 0 Å². The van der Waals surface area contributed by atoms with Crippen molar-refractivity contribution in [1.29, 1.82) is 0 Å². The number of rotatable bonds is 3. The molecule has 0 aromatic carbocycles. The lowest BCUT2D eigenvalue weighted by molar-refractivity contribution is 0.500. The van der Waals surface area contributed by atoms with E-state index in [1.165, 1.54) is 0 Å². The molecular weight excluding hydrogens is 256 g/mol. The summed E-state index contributed by atoms with van der Waals surface area (Å²) < 4.78 is 55.0. The summed E-state index contributed by atoms with van der Waals surface area (Å²) in [4.78, 5) is 0. The van der Waals surface area contributed by atoms with Crippen molar-refractivity contribution in [1.82, 2.24) is 0 Å². The van der Waals surface area contributed by atoms with Gasteiger partial charge in [0.05, 0.1) is 19.7 Å². The van der Waals surface area contributed by atoms with Crippen LogP contribution in [0.3, 0.4) is 0 Å². The molecule has 0 unspecified atom stereocenters. The van der Waals surface area contributed by atoms with E-state index in [1.807, 2.05) is 0 Å². The first-order valence-electron chi connectivity index (χ1n) is 1.53. The zero-order valence-electron chi connectivity index (χ0n) is 4.66. The quantitative estimate of drug-likeness (QED) is 0.542. The highest BCUT2D eigenvalue weighted by molar-refractivity contribution is 9.21. The number of hydrogen-bond acceptors (Lipinski definition) is 6. The van der Waals surface area contributed by atoms with Gasteiger partial charge in [-0.1, -0.05) is 0 Å². The van der Waals surface area contributed by atoms with E-state index in [-0.39, 0.29) is 33.1 Å². The lowest BCUT2D eigenvalue weighted by Gasteiger charge is -1.89. The molecule has 6 nitrogen and oxygen atoms in total. The second-order valence-electron chi connectivity index (χ2n) is 0.992. The molecule has 0 aromatic heterocycles. The average Bonchev–Trinajstić information content (AvgIpc) is 1.57. The Hall–Kier alpha value is 0.870. The van der Waals surface area contributed by atoms with Crippen LogP contribution in [0.15, 0.2) is 0 Å². The Labute approximate surface area is 77.3 Å². The van der Waals surface area contributed by atoms with Gasteiger partial charge in [0.15, 0.2) is 0 Å². The molecule has 0 atom stereocenters. The van der Waals surface area contributed by atoms with Crippen LogP contribution in [0.2, 0.25) is 0 Å². The maximum atomic E-state index is 9.80. The van der Waals surface area contributed by atoms with E-state index < -0.39 is 18.3 Å². The molecular formula is H4O6S5. The van der Waals surface area contributed by atoms with E-state index in [4.69, 9.17) is 9.11 Å². The van der Waals surface area contributed by atoms with Gasteiger partial charge < -0.3 is 0 Å². The zero-order chi connectivity index (χ0) is 8.41. The maximum Gasteiger partial charge on any atom is 0.330 e. The fraction of sp³-hybridized carbons (Fsp3) is 0. The molecule has 0 heterocycles. The van der Waals surface area contributed by atoms with E-state index in [2.05, 4.69) is 0 Å². The van der Waals surface area contributed by atoms with Crippen LogP contribution < -0.4 is 0 Å². The smallest absolute Gasteiger partial charge is 0.277 e. The first-order chi connectivity index (χ1) is 4.21. The first kappa shape index (κ1) is 14.4. The molecule has 11 heteroatoms. The number of hydrogen-bond donors (Lipinski definition) is 2. The van der Waals surface area contributed by atoms with Gasteiger partial charge in [0, 0.05) is 0 Å².